The fourth-order valence-corrected chi connectivity index (χ4v) is 1.79. The highest BCUT2D eigenvalue weighted by molar-refractivity contribution is 5.78. The monoisotopic (exact) mass is 262 g/mol. The van der Waals surface area contributed by atoms with Crippen molar-refractivity contribution in [2.24, 2.45) is 5.92 Å². The largest absolute Gasteiger partial charge is 0.352 e. The van der Waals surface area contributed by atoms with Crippen molar-refractivity contribution in [2.45, 2.75) is 40.2 Å². The van der Waals surface area contributed by atoms with E-state index in [1.807, 2.05) is 13.0 Å². The van der Waals surface area contributed by atoms with Crippen LogP contribution in [0, 0.1) is 12.8 Å². The first-order valence-electron chi connectivity index (χ1n) is 7.05. The van der Waals surface area contributed by atoms with E-state index in [9.17, 15) is 4.79 Å². The molecule has 0 aromatic heterocycles. The molecule has 2 N–H and O–H groups in total. The van der Waals surface area contributed by atoms with E-state index in [4.69, 9.17) is 0 Å². The maximum atomic E-state index is 11.7. The summed E-state index contributed by atoms with van der Waals surface area (Å²) >= 11 is 0. The van der Waals surface area contributed by atoms with E-state index in [1.165, 1.54) is 11.1 Å². The maximum Gasteiger partial charge on any atom is 0.234 e. The van der Waals surface area contributed by atoms with Gasteiger partial charge in [-0.15, -0.1) is 0 Å². The fraction of sp³-hybridized carbons (Fsp3) is 0.562. The van der Waals surface area contributed by atoms with E-state index in [0.717, 1.165) is 13.0 Å². The molecule has 0 saturated heterocycles. The van der Waals surface area contributed by atoms with Gasteiger partial charge >= 0.3 is 0 Å². The van der Waals surface area contributed by atoms with Crippen LogP contribution in [0.25, 0.3) is 0 Å². The molecular formula is C16H26N2O. The van der Waals surface area contributed by atoms with Gasteiger partial charge in [0.25, 0.3) is 0 Å². The topological polar surface area (TPSA) is 41.1 Å². The number of carbonyl (C=O) groups is 1. The van der Waals surface area contributed by atoms with Gasteiger partial charge in [0, 0.05) is 6.04 Å². The van der Waals surface area contributed by atoms with Gasteiger partial charge in [-0.3, -0.25) is 4.79 Å². The second kappa shape index (κ2) is 7.95. The van der Waals surface area contributed by atoms with Gasteiger partial charge in [-0.2, -0.15) is 0 Å². The molecule has 0 heterocycles. The number of hydrogen-bond donors (Lipinski definition) is 2. The number of rotatable bonds is 7. The maximum absolute atomic E-state index is 11.7. The first-order valence-corrected chi connectivity index (χ1v) is 7.05. The zero-order chi connectivity index (χ0) is 14.3. The van der Waals surface area contributed by atoms with Gasteiger partial charge in [0.05, 0.1) is 6.54 Å². The third kappa shape index (κ3) is 5.88. The Kier molecular flexibility index (Phi) is 6.57. The lowest BCUT2D eigenvalue weighted by Gasteiger charge is -2.17. The summed E-state index contributed by atoms with van der Waals surface area (Å²) in [6.07, 6.45) is 0.958. The molecule has 19 heavy (non-hydrogen) atoms. The minimum Gasteiger partial charge on any atom is -0.352 e. The molecule has 0 aliphatic heterocycles. The summed E-state index contributed by atoms with van der Waals surface area (Å²) < 4.78 is 0. The summed E-state index contributed by atoms with van der Waals surface area (Å²) in [5, 5.41) is 6.18. The van der Waals surface area contributed by atoms with Crippen molar-refractivity contribution in [3.05, 3.63) is 35.4 Å². The number of aryl methyl sites for hydroxylation is 1. The van der Waals surface area contributed by atoms with Gasteiger partial charge in [0.15, 0.2) is 0 Å². The van der Waals surface area contributed by atoms with E-state index in [2.05, 4.69) is 49.6 Å². The smallest absolute Gasteiger partial charge is 0.234 e. The summed E-state index contributed by atoms with van der Waals surface area (Å²) in [7, 11) is 0. The van der Waals surface area contributed by atoms with Crippen LogP contribution in [-0.2, 0) is 11.2 Å². The second-order valence-corrected chi connectivity index (χ2v) is 5.45. The summed E-state index contributed by atoms with van der Waals surface area (Å²) in [6, 6.07) is 8.59. The van der Waals surface area contributed by atoms with Crippen molar-refractivity contribution in [1.29, 1.82) is 0 Å². The molecule has 106 valence electrons. The van der Waals surface area contributed by atoms with Crippen molar-refractivity contribution in [2.75, 3.05) is 13.1 Å². The molecule has 1 amide bonds. The number of hydrogen-bond acceptors (Lipinski definition) is 2. The highest BCUT2D eigenvalue weighted by Crippen LogP contribution is 2.06. The molecule has 1 unspecified atom stereocenters. The van der Waals surface area contributed by atoms with Gasteiger partial charge in [0.1, 0.15) is 0 Å². The van der Waals surface area contributed by atoms with E-state index in [-0.39, 0.29) is 11.9 Å². The van der Waals surface area contributed by atoms with Crippen LogP contribution in [0.15, 0.2) is 24.3 Å². The Hall–Kier alpha value is -1.35. The molecule has 3 heteroatoms. The number of nitrogens with one attached hydrogen (secondary N) is 2. The molecule has 3 nitrogen and oxygen atoms in total. The van der Waals surface area contributed by atoms with Crippen LogP contribution in [0.5, 0.6) is 0 Å². The SMILES string of the molecule is Cc1ccccc1CCNCC(=O)NC(C)C(C)C. The van der Waals surface area contributed by atoms with Crippen LogP contribution in [0.4, 0.5) is 0 Å². The lowest BCUT2D eigenvalue weighted by molar-refractivity contribution is -0.121. The molecule has 0 fully saturated rings. The Morgan fingerprint density at radius 2 is 1.89 bits per heavy atom. The van der Waals surface area contributed by atoms with Gasteiger partial charge in [0.2, 0.25) is 5.91 Å². The number of benzene rings is 1. The standard InChI is InChI=1S/C16H26N2O/c1-12(2)14(4)18-16(19)11-17-10-9-15-8-6-5-7-13(15)3/h5-8,12,14,17H,9-11H2,1-4H3,(H,18,19). The minimum atomic E-state index is 0.0750. The van der Waals surface area contributed by atoms with Gasteiger partial charge in [-0.1, -0.05) is 38.1 Å². The lowest BCUT2D eigenvalue weighted by Crippen LogP contribution is -2.41. The summed E-state index contributed by atoms with van der Waals surface area (Å²) in [5.41, 5.74) is 2.65. The number of carbonyl (C=O) groups excluding carboxylic acids is 1. The highest BCUT2D eigenvalue weighted by Gasteiger charge is 2.09. The summed E-state index contributed by atoms with van der Waals surface area (Å²) in [4.78, 5) is 11.7. The zero-order valence-electron chi connectivity index (χ0n) is 12.5. The van der Waals surface area contributed by atoms with Crippen molar-refractivity contribution in [3.63, 3.8) is 0 Å². The first-order chi connectivity index (χ1) is 9.00. The quantitative estimate of drug-likeness (QED) is 0.740. The molecular weight excluding hydrogens is 236 g/mol. The molecule has 1 rings (SSSR count). The Balaban J connectivity index is 2.21. The predicted octanol–water partition coefficient (Wildman–Crippen LogP) is 2.29. The second-order valence-electron chi connectivity index (χ2n) is 5.45. The third-order valence-electron chi connectivity index (χ3n) is 3.51. The van der Waals surface area contributed by atoms with Gasteiger partial charge < -0.3 is 10.6 Å². The Labute approximate surface area is 116 Å². The summed E-state index contributed by atoms with van der Waals surface area (Å²) in [5.74, 6) is 0.543. The van der Waals surface area contributed by atoms with E-state index >= 15 is 0 Å². The summed E-state index contributed by atoms with van der Waals surface area (Å²) in [6.45, 7) is 9.59. The average Bonchev–Trinajstić information content (AvgIpc) is 2.36. The highest BCUT2D eigenvalue weighted by atomic mass is 16.1. The predicted molar refractivity (Wildman–Crippen MR) is 80.2 cm³/mol. The van der Waals surface area contributed by atoms with Crippen LogP contribution in [0.1, 0.15) is 31.9 Å². The van der Waals surface area contributed by atoms with Crippen molar-refractivity contribution in [3.8, 4) is 0 Å². The molecule has 1 aromatic carbocycles. The van der Waals surface area contributed by atoms with Crippen LogP contribution < -0.4 is 10.6 Å². The molecule has 0 spiro atoms. The molecule has 0 bridgehead atoms. The average molecular weight is 262 g/mol. The van der Waals surface area contributed by atoms with Crippen LogP contribution in [-0.4, -0.2) is 25.0 Å². The normalized spacial score (nSPS) is 12.5. The van der Waals surface area contributed by atoms with Crippen LogP contribution in [0.2, 0.25) is 0 Å². The third-order valence-corrected chi connectivity index (χ3v) is 3.51. The van der Waals surface area contributed by atoms with E-state index in [0.29, 0.717) is 12.5 Å². The van der Waals surface area contributed by atoms with Crippen molar-refractivity contribution in [1.82, 2.24) is 10.6 Å². The lowest BCUT2D eigenvalue weighted by atomic mass is 10.1. The fourth-order valence-electron chi connectivity index (χ4n) is 1.79. The number of amides is 1. The Bertz CT molecular complexity index is 401. The van der Waals surface area contributed by atoms with Crippen molar-refractivity contribution >= 4 is 5.91 Å². The molecule has 0 aliphatic rings. The van der Waals surface area contributed by atoms with Crippen LogP contribution >= 0.6 is 0 Å². The van der Waals surface area contributed by atoms with Crippen molar-refractivity contribution < 1.29 is 4.79 Å². The minimum absolute atomic E-state index is 0.0750. The molecule has 1 aromatic rings. The first kappa shape index (κ1) is 15.7. The van der Waals surface area contributed by atoms with Crippen LogP contribution in [0.3, 0.4) is 0 Å². The molecule has 0 radical (unpaired) electrons. The Morgan fingerprint density at radius 1 is 1.21 bits per heavy atom. The van der Waals surface area contributed by atoms with Gasteiger partial charge in [-0.25, -0.2) is 0 Å². The zero-order valence-corrected chi connectivity index (χ0v) is 12.5. The molecule has 0 aliphatic carbocycles. The van der Waals surface area contributed by atoms with E-state index in [1.54, 1.807) is 0 Å². The van der Waals surface area contributed by atoms with E-state index < -0.39 is 0 Å². The Morgan fingerprint density at radius 3 is 2.53 bits per heavy atom. The molecule has 0 saturated carbocycles. The molecule has 1 atom stereocenters. The van der Waals surface area contributed by atoms with Gasteiger partial charge in [-0.05, 0) is 43.9 Å².